The van der Waals surface area contributed by atoms with Gasteiger partial charge in [-0.1, -0.05) is 12.8 Å². The number of hydrogen-bond acceptors (Lipinski definition) is 2. The van der Waals surface area contributed by atoms with Gasteiger partial charge in [0, 0.05) is 10.8 Å². The van der Waals surface area contributed by atoms with E-state index in [0.29, 0.717) is 10.8 Å². The average Bonchev–Trinajstić information content (AvgIpc) is 2.73. The molecule has 2 heteroatoms. The summed E-state index contributed by atoms with van der Waals surface area (Å²) in [4.78, 5) is 0. The van der Waals surface area contributed by atoms with Gasteiger partial charge in [-0.3, -0.25) is 0 Å². The van der Waals surface area contributed by atoms with Gasteiger partial charge in [0.05, 0.1) is 0 Å². The Balaban J connectivity index is 1.87. The van der Waals surface area contributed by atoms with Gasteiger partial charge in [0.2, 0.25) is 0 Å². The maximum Gasteiger partial charge on any atom is 0.0283 e. The predicted octanol–water partition coefficient (Wildman–Crippen LogP) is 2.40. The van der Waals surface area contributed by atoms with Crippen molar-refractivity contribution in [3.05, 3.63) is 0 Å². The second kappa shape index (κ2) is 3.22. The molecule has 2 aliphatic rings. The van der Waals surface area contributed by atoms with Crippen molar-refractivity contribution in [2.24, 2.45) is 11.7 Å². The van der Waals surface area contributed by atoms with E-state index in [9.17, 15) is 0 Å². The highest BCUT2D eigenvalue weighted by Gasteiger charge is 2.38. The molecule has 0 spiro atoms. The minimum Gasteiger partial charge on any atom is -0.326 e. The topological polar surface area (TPSA) is 26.0 Å². The normalized spacial score (nSPS) is 38.5. The van der Waals surface area contributed by atoms with Crippen molar-refractivity contribution in [3.8, 4) is 0 Å². The number of nitrogens with two attached hydrogens (primary N) is 1. The molecule has 0 amide bonds. The summed E-state index contributed by atoms with van der Waals surface area (Å²) in [6.07, 6.45) is 6.87. The van der Waals surface area contributed by atoms with Crippen LogP contribution < -0.4 is 5.73 Å². The van der Waals surface area contributed by atoms with Gasteiger partial charge in [-0.25, -0.2) is 0 Å². The van der Waals surface area contributed by atoms with Gasteiger partial charge in [-0.05, 0) is 37.9 Å². The molecule has 70 valence electrons. The van der Waals surface area contributed by atoms with Crippen molar-refractivity contribution >= 4 is 11.8 Å². The van der Waals surface area contributed by atoms with E-state index in [1.54, 1.807) is 0 Å². The molecule has 1 saturated heterocycles. The minimum absolute atomic E-state index is 0.419. The van der Waals surface area contributed by atoms with Crippen LogP contribution in [0.15, 0.2) is 0 Å². The molecule has 1 heterocycles. The molecule has 0 aromatic carbocycles. The summed E-state index contributed by atoms with van der Waals surface area (Å²) >= 11 is 2.10. The molecule has 1 nitrogen and oxygen atoms in total. The number of thioether (sulfide) groups is 1. The quantitative estimate of drug-likeness (QED) is 0.730. The molecule has 0 aromatic rings. The van der Waals surface area contributed by atoms with E-state index < -0.39 is 0 Å². The van der Waals surface area contributed by atoms with Crippen molar-refractivity contribution in [1.82, 2.24) is 0 Å². The number of rotatable bonds is 3. The van der Waals surface area contributed by atoms with Gasteiger partial charge >= 0.3 is 0 Å². The van der Waals surface area contributed by atoms with Crippen molar-refractivity contribution in [3.63, 3.8) is 0 Å². The zero-order valence-corrected chi connectivity index (χ0v) is 8.70. The summed E-state index contributed by atoms with van der Waals surface area (Å²) in [6.45, 7) is 2.36. The van der Waals surface area contributed by atoms with Crippen LogP contribution >= 0.6 is 11.8 Å². The van der Waals surface area contributed by atoms with Gasteiger partial charge in [-0.2, -0.15) is 11.8 Å². The van der Waals surface area contributed by atoms with Gasteiger partial charge < -0.3 is 5.73 Å². The first-order chi connectivity index (χ1) is 5.71. The molecule has 2 rings (SSSR count). The lowest BCUT2D eigenvalue weighted by Gasteiger charge is -2.30. The van der Waals surface area contributed by atoms with Crippen LogP contribution in [0.1, 0.15) is 39.0 Å². The van der Waals surface area contributed by atoms with Crippen molar-refractivity contribution < 1.29 is 0 Å². The van der Waals surface area contributed by atoms with Gasteiger partial charge in [0.25, 0.3) is 0 Å². The highest BCUT2D eigenvalue weighted by molar-refractivity contribution is 8.00. The predicted molar refractivity (Wildman–Crippen MR) is 55.4 cm³/mol. The van der Waals surface area contributed by atoms with E-state index in [1.807, 2.05) is 0 Å². The molecule has 1 aliphatic heterocycles. The van der Waals surface area contributed by atoms with Crippen LogP contribution in [0, 0.1) is 5.92 Å². The first-order valence-electron chi connectivity index (χ1n) is 5.10. The standard InChI is InChI=1S/C10H19NS/c1-10(5-2-6-12-10)9(11)7-8-3-4-8/h8-9H,2-7,11H2,1H3. The van der Waals surface area contributed by atoms with E-state index in [-0.39, 0.29) is 0 Å². The minimum atomic E-state index is 0.419. The van der Waals surface area contributed by atoms with Crippen LogP contribution in [0.2, 0.25) is 0 Å². The van der Waals surface area contributed by atoms with Gasteiger partial charge in [-0.15, -0.1) is 0 Å². The molecule has 12 heavy (non-hydrogen) atoms. The van der Waals surface area contributed by atoms with Crippen LogP contribution in [-0.4, -0.2) is 16.5 Å². The molecule has 1 saturated carbocycles. The molecular weight excluding hydrogens is 166 g/mol. The van der Waals surface area contributed by atoms with Crippen molar-refractivity contribution in [2.75, 3.05) is 5.75 Å². The largest absolute Gasteiger partial charge is 0.326 e. The van der Waals surface area contributed by atoms with Crippen LogP contribution in [0.4, 0.5) is 0 Å². The lowest BCUT2D eigenvalue weighted by Crippen LogP contribution is -2.41. The van der Waals surface area contributed by atoms with E-state index in [2.05, 4.69) is 18.7 Å². The third-order valence-corrected chi connectivity index (χ3v) is 4.98. The van der Waals surface area contributed by atoms with E-state index in [4.69, 9.17) is 5.73 Å². The van der Waals surface area contributed by atoms with Crippen molar-refractivity contribution in [2.45, 2.75) is 49.8 Å². The lowest BCUT2D eigenvalue weighted by molar-refractivity contribution is 0.440. The lowest BCUT2D eigenvalue weighted by atomic mass is 9.93. The molecule has 0 bridgehead atoms. The Kier molecular flexibility index (Phi) is 2.39. The maximum absolute atomic E-state index is 6.23. The molecule has 1 aliphatic carbocycles. The summed E-state index contributed by atoms with van der Waals surface area (Å²) in [5, 5.41) is 0. The molecule has 0 aromatic heterocycles. The second-order valence-corrected chi connectivity index (χ2v) is 6.18. The van der Waals surface area contributed by atoms with Crippen LogP contribution in [0.5, 0.6) is 0 Å². The van der Waals surface area contributed by atoms with Crippen LogP contribution in [0.3, 0.4) is 0 Å². The smallest absolute Gasteiger partial charge is 0.0283 e. The molecule has 2 N–H and O–H groups in total. The maximum atomic E-state index is 6.23. The summed E-state index contributed by atoms with van der Waals surface area (Å²) < 4.78 is 0.419. The highest BCUT2D eigenvalue weighted by atomic mass is 32.2. The fraction of sp³-hybridized carbons (Fsp3) is 1.00. The highest BCUT2D eigenvalue weighted by Crippen LogP contribution is 2.44. The first-order valence-corrected chi connectivity index (χ1v) is 6.09. The number of hydrogen-bond donors (Lipinski definition) is 1. The first kappa shape index (κ1) is 8.89. The average molecular weight is 185 g/mol. The SMILES string of the molecule is CC1(C(N)CC2CC2)CCCS1. The Morgan fingerprint density at radius 2 is 2.33 bits per heavy atom. The molecule has 0 radical (unpaired) electrons. The molecule has 2 unspecified atom stereocenters. The molecule has 2 atom stereocenters. The third-order valence-electron chi connectivity index (χ3n) is 3.32. The zero-order chi connectivity index (χ0) is 8.60. The van der Waals surface area contributed by atoms with E-state index in [1.165, 1.54) is 37.9 Å². The Morgan fingerprint density at radius 3 is 2.83 bits per heavy atom. The summed E-state index contributed by atoms with van der Waals surface area (Å²) in [5.74, 6) is 2.31. The van der Waals surface area contributed by atoms with Crippen molar-refractivity contribution in [1.29, 1.82) is 0 Å². The summed E-state index contributed by atoms with van der Waals surface area (Å²) in [6, 6.07) is 0.456. The Labute approximate surface area is 79.5 Å². The van der Waals surface area contributed by atoms with E-state index >= 15 is 0 Å². The fourth-order valence-corrected chi connectivity index (χ4v) is 3.41. The zero-order valence-electron chi connectivity index (χ0n) is 7.88. The van der Waals surface area contributed by atoms with Gasteiger partial charge in [0.15, 0.2) is 0 Å². The second-order valence-electron chi connectivity index (χ2n) is 4.55. The summed E-state index contributed by atoms with van der Waals surface area (Å²) in [7, 11) is 0. The summed E-state index contributed by atoms with van der Waals surface area (Å²) in [5.41, 5.74) is 6.23. The molecule has 2 fully saturated rings. The van der Waals surface area contributed by atoms with E-state index in [0.717, 1.165) is 5.92 Å². The monoisotopic (exact) mass is 185 g/mol. The van der Waals surface area contributed by atoms with Gasteiger partial charge in [0.1, 0.15) is 0 Å². The fourth-order valence-electron chi connectivity index (χ4n) is 2.06. The Bertz CT molecular complexity index is 159. The van der Waals surface area contributed by atoms with Crippen LogP contribution in [0.25, 0.3) is 0 Å². The Morgan fingerprint density at radius 1 is 1.58 bits per heavy atom. The Hall–Kier alpha value is 0.310. The molecular formula is C10H19NS. The third kappa shape index (κ3) is 1.80. The van der Waals surface area contributed by atoms with Crippen LogP contribution in [-0.2, 0) is 0 Å².